The van der Waals surface area contributed by atoms with E-state index in [-0.39, 0.29) is 5.56 Å². The van der Waals surface area contributed by atoms with Crippen molar-refractivity contribution in [1.82, 2.24) is 8.99 Å². The van der Waals surface area contributed by atoms with Crippen LogP contribution in [-0.2, 0) is 0 Å². The average molecular weight is 304 g/mol. The van der Waals surface area contributed by atoms with Crippen molar-refractivity contribution in [1.29, 1.82) is 0 Å². The van der Waals surface area contributed by atoms with Crippen molar-refractivity contribution in [3.63, 3.8) is 0 Å². The smallest absolute Gasteiger partial charge is 0.267 e. The van der Waals surface area contributed by atoms with Gasteiger partial charge in [0.05, 0.1) is 5.52 Å². The molecular weight excluding hydrogens is 286 g/mol. The normalized spacial score (nSPS) is 28.0. The van der Waals surface area contributed by atoms with E-state index in [0.29, 0.717) is 12.0 Å². The third kappa shape index (κ3) is 2.23. The minimum atomic E-state index is -0.181. The first kappa shape index (κ1) is 13.2. The molecule has 2 bridgehead atoms. The number of rotatable bonds is 2. The summed E-state index contributed by atoms with van der Waals surface area (Å²) in [5, 5.41) is 4.61. The largest absolute Gasteiger partial charge is 0.380 e. The highest BCUT2D eigenvalue weighted by molar-refractivity contribution is 6.19. The second-order valence-electron chi connectivity index (χ2n) is 6.08. The maximum atomic E-state index is 12.0. The second kappa shape index (κ2) is 5.04. The minimum absolute atomic E-state index is 0.181. The highest BCUT2D eigenvalue weighted by Crippen LogP contribution is 2.31. The summed E-state index contributed by atoms with van der Waals surface area (Å²) in [6.07, 6.45) is 2.50. The van der Waals surface area contributed by atoms with Crippen LogP contribution in [0.1, 0.15) is 12.8 Å². The topological polar surface area (TPSA) is 37.3 Å². The van der Waals surface area contributed by atoms with Gasteiger partial charge in [-0.1, -0.05) is 18.2 Å². The van der Waals surface area contributed by atoms with E-state index in [9.17, 15) is 4.79 Å². The minimum Gasteiger partial charge on any atom is -0.380 e. The number of aromatic nitrogens is 1. The summed E-state index contributed by atoms with van der Waals surface area (Å²) < 4.78 is 1.19. The maximum absolute atomic E-state index is 12.0. The molecule has 4 heterocycles. The average Bonchev–Trinajstić information content (AvgIpc) is 2.54. The Labute approximate surface area is 128 Å². The molecule has 3 aliphatic rings. The van der Waals surface area contributed by atoms with Gasteiger partial charge in [0.25, 0.3) is 5.56 Å². The van der Waals surface area contributed by atoms with Gasteiger partial charge < -0.3 is 10.2 Å². The summed E-state index contributed by atoms with van der Waals surface area (Å²) >= 11 is 6.07. The van der Waals surface area contributed by atoms with Gasteiger partial charge in [0.2, 0.25) is 0 Å². The van der Waals surface area contributed by atoms with Crippen LogP contribution in [0.2, 0.25) is 0 Å². The number of para-hydroxylation sites is 1. The molecule has 0 radical (unpaired) electrons. The third-order valence-electron chi connectivity index (χ3n) is 4.86. The van der Waals surface area contributed by atoms with Crippen LogP contribution >= 0.6 is 11.8 Å². The molecule has 5 rings (SSSR count). The molecule has 0 amide bonds. The fourth-order valence-corrected chi connectivity index (χ4v) is 3.89. The first-order valence-electron chi connectivity index (χ1n) is 7.52. The van der Waals surface area contributed by atoms with Crippen LogP contribution in [0.15, 0.2) is 35.1 Å². The molecule has 2 aromatic rings. The van der Waals surface area contributed by atoms with E-state index in [0.717, 1.165) is 23.1 Å². The Balaban J connectivity index is 1.74. The standard InChI is InChI=1S/C16H18ClN3O/c17-20-15-4-2-1-3-12(15)13(9-16(20)21)18-14-10-19-7-5-11(14)6-8-19/h1-4,9,11,14,18H,5-8,10H2. The lowest BCUT2D eigenvalue weighted by Crippen LogP contribution is -2.53. The van der Waals surface area contributed by atoms with Gasteiger partial charge in [-0.05, 0) is 37.9 Å². The van der Waals surface area contributed by atoms with Gasteiger partial charge in [-0.3, -0.25) is 4.79 Å². The van der Waals surface area contributed by atoms with E-state index in [4.69, 9.17) is 11.8 Å². The van der Waals surface area contributed by atoms with Crippen molar-refractivity contribution in [2.24, 2.45) is 5.92 Å². The summed E-state index contributed by atoms with van der Waals surface area (Å²) in [5.41, 5.74) is 1.49. The SMILES string of the molecule is O=c1cc(NC2CN3CCC2CC3)c2ccccc2n1Cl. The van der Waals surface area contributed by atoms with Crippen molar-refractivity contribution in [2.75, 3.05) is 25.0 Å². The Kier molecular flexibility index (Phi) is 3.16. The highest BCUT2D eigenvalue weighted by atomic mass is 35.5. The van der Waals surface area contributed by atoms with Crippen LogP contribution < -0.4 is 10.9 Å². The van der Waals surface area contributed by atoms with Crippen LogP contribution in [0.4, 0.5) is 5.69 Å². The molecule has 0 aliphatic carbocycles. The number of nitrogens with one attached hydrogen (secondary N) is 1. The van der Waals surface area contributed by atoms with E-state index in [1.807, 2.05) is 24.3 Å². The summed E-state index contributed by atoms with van der Waals surface area (Å²) in [5.74, 6) is 0.715. The van der Waals surface area contributed by atoms with Crippen molar-refractivity contribution < 1.29 is 0 Å². The number of hydrogen-bond acceptors (Lipinski definition) is 3. The molecule has 1 N–H and O–H groups in total. The lowest BCUT2D eigenvalue weighted by atomic mass is 9.84. The Morgan fingerprint density at radius 1 is 1.19 bits per heavy atom. The van der Waals surface area contributed by atoms with E-state index in [1.54, 1.807) is 6.07 Å². The number of halogens is 1. The molecule has 3 aliphatic heterocycles. The van der Waals surface area contributed by atoms with Crippen molar-refractivity contribution in [3.8, 4) is 0 Å². The molecule has 1 aromatic heterocycles. The van der Waals surface area contributed by atoms with Crippen molar-refractivity contribution >= 4 is 28.4 Å². The van der Waals surface area contributed by atoms with Gasteiger partial charge in [-0.15, -0.1) is 0 Å². The molecule has 110 valence electrons. The molecule has 1 unspecified atom stereocenters. The number of hydrogen-bond donors (Lipinski definition) is 1. The third-order valence-corrected chi connectivity index (χ3v) is 5.21. The van der Waals surface area contributed by atoms with Crippen LogP contribution in [0, 0.1) is 5.92 Å². The van der Waals surface area contributed by atoms with Gasteiger partial charge in [-0.25, -0.2) is 4.09 Å². The zero-order valence-corrected chi connectivity index (χ0v) is 12.5. The van der Waals surface area contributed by atoms with Gasteiger partial charge in [0.1, 0.15) is 0 Å². The van der Waals surface area contributed by atoms with Crippen LogP contribution in [0.3, 0.4) is 0 Å². The predicted octanol–water partition coefficient (Wildman–Crippen LogP) is 2.51. The quantitative estimate of drug-likeness (QED) is 0.926. The lowest BCUT2D eigenvalue weighted by molar-refractivity contribution is 0.0976. The van der Waals surface area contributed by atoms with Gasteiger partial charge in [0.15, 0.2) is 0 Å². The Morgan fingerprint density at radius 3 is 2.67 bits per heavy atom. The Morgan fingerprint density at radius 2 is 1.95 bits per heavy atom. The molecule has 1 atom stereocenters. The van der Waals surface area contributed by atoms with Crippen molar-refractivity contribution in [3.05, 3.63) is 40.7 Å². The first-order valence-corrected chi connectivity index (χ1v) is 7.86. The van der Waals surface area contributed by atoms with Crippen molar-refractivity contribution in [2.45, 2.75) is 18.9 Å². The zero-order valence-electron chi connectivity index (χ0n) is 11.8. The fourth-order valence-electron chi connectivity index (χ4n) is 3.70. The summed E-state index contributed by atoms with van der Waals surface area (Å²) in [7, 11) is 0. The molecule has 21 heavy (non-hydrogen) atoms. The molecule has 0 spiro atoms. The molecule has 5 heteroatoms. The predicted molar refractivity (Wildman–Crippen MR) is 86.0 cm³/mol. The maximum Gasteiger partial charge on any atom is 0.267 e. The fraction of sp³-hybridized carbons (Fsp3) is 0.438. The van der Waals surface area contributed by atoms with E-state index < -0.39 is 0 Å². The summed E-state index contributed by atoms with van der Waals surface area (Å²) in [6, 6.07) is 9.82. The first-order chi connectivity index (χ1) is 10.2. The molecule has 3 saturated heterocycles. The van der Waals surface area contributed by atoms with Gasteiger partial charge in [0, 0.05) is 41.5 Å². The number of fused-ring (bicyclic) bond motifs is 4. The molecule has 3 fully saturated rings. The van der Waals surface area contributed by atoms with E-state index in [1.165, 1.54) is 30.0 Å². The Bertz CT molecular complexity index is 734. The highest BCUT2D eigenvalue weighted by Gasteiger charge is 2.34. The van der Waals surface area contributed by atoms with Crippen LogP contribution in [0.25, 0.3) is 10.9 Å². The van der Waals surface area contributed by atoms with Gasteiger partial charge in [-0.2, -0.15) is 0 Å². The summed E-state index contributed by atoms with van der Waals surface area (Å²) in [4.78, 5) is 14.5. The van der Waals surface area contributed by atoms with Gasteiger partial charge >= 0.3 is 0 Å². The summed E-state index contributed by atoms with van der Waals surface area (Å²) in [6.45, 7) is 3.50. The Hall–Kier alpha value is -1.52. The molecule has 1 aromatic carbocycles. The second-order valence-corrected chi connectivity index (χ2v) is 6.42. The lowest BCUT2D eigenvalue weighted by Gasteiger charge is -2.45. The molecule has 0 saturated carbocycles. The number of piperidine rings is 3. The molecular formula is C16H18ClN3O. The zero-order chi connectivity index (χ0) is 14.4. The number of anilines is 1. The number of pyridine rings is 1. The molecule has 4 nitrogen and oxygen atoms in total. The van der Waals surface area contributed by atoms with E-state index in [2.05, 4.69) is 10.2 Å². The number of benzene rings is 1. The van der Waals surface area contributed by atoms with Crippen LogP contribution in [0.5, 0.6) is 0 Å². The van der Waals surface area contributed by atoms with E-state index >= 15 is 0 Å². The number of nitrogens with zero attached hydrogens (tertiary/aromatic N) is 2. The van der Waals surface area contributed by atoms with Crippen LogP contribution in [-0.4, -0.2) is 34.7 Å². The monoisotopic (exact) mass is 303 g/mol.